The molecule has 0 radical (unpaired) electrons. The molecular weight excluding hydrogens is 388 g/mol. The molecule has 1 heterocycles. The highest BCUT2D eigenvalue weighted by Gasteiger charge is 2.12. The second-order valence-electron chi connectivity index (χ2n) is 6.45. The van der Waals surface area contributed by atoms with Crippen LogP contribution < -0.4 is 10.1 Å². The molecule has 0 aliphatic rings. The van der Waals surface area contributed by atoms with Gasteiger partial charge in [0.05, 0.1) is 36.0 Å². The summed E-state index contributed by atoms with van der Waals surface area (Å²) in [6, 6.07) is 18.5. The summed E-state index contributed by atoms with van der Waals surface area (Å²) in [5, 5.41) is 5.95. The first-order chi connectivity index (χ1) is 14.1. The minimum atomic E-state index is -0.335. The number of carbonyl (C=O) groups is 1. The third kappa shape index (κ3) is 3.82. The van der Waals surface area contributed by atoms with Crippen LogP contribution in [0.25, 0.3) is 21.8 Å². The molecule has 0 unspecified atom stereocenters. The van der Waals surface area contributed by atoms with Crippen molar-refractivity contribution in [3.63, 3.8) is 0 Å². The van der Waals surface area contributed by atoms with Crippen molar-refractivity contribution in [2.75, 3.05) is 19.0 Å². The molecule has 0 aliphatic carbocycles. The number of nitrogens with one attached hydrogen (secondary N) is 1. The second-order valence-corrected chi connectivity index (χ2v) is 6.89. The maximum absolute atomic E-state index is 11.9. The number of rotatable bonds is 5. The Morgan fingerprint density at radius 3 is 2.52 bits per heavy atom. The van der Waals surface area contributed by atoms with E-state index in [4.69, 9.17) is 26.1 Å². The number of methoxy groups -OCH3 is 1. The molecule has 0 atom stereocenters. The average Bonchev–Trinajstić information content (AvgIpc) is 2.73. The van der Waals surface area contributed by atoms with E-state index < -0.39 is 0 Å². The van der Waals surface area contributed by atoms with Crippen molar-refractivity contribution in [3.05, 3.63) is 71.2 Å². The molecule has 0 spiro atoms. The van der Waals surface area contributed by atoms with Crippen LogP contribution in [0.3, 0.4) is 0 Å². The van der Waals surface area contributed by atoms with Crippen molar-refractivity contribution in [1.29, 1.82) is 0 Å². The Kier molecular flexibility index (Phi) is 5.23. The number of pyridine rings is 1. The van der Waals surface area contributed by atoms with Crippen LogP contribution in [0.1, 0.15) is 17.3 Å². The van der Waals surface area contributed by atoms with Crippen LogP contribution in [-0.2, 0) is 4.74 Å². The smallest absolute Gasteiger partial charge is 0.338 e. The van der Waals surface area contributed by atoms with Gasteiger partial charge in [0.25, 0.3) is 0 Å². The second kappa shape index (κ2) is 7.97. The number of hydrogen-bond donors (Lipinski definition) is 1. The number of esters is 1. The van der Waals surface area contributed by atoms with Gasteiger partial charge in [-0.1, -0.05) is 11.6 Å². The monoisotopic (exact) mass is 406 g/mol. The fourth-order valence-corrected chi connectivity index (χ4v) is 3.37. The van der Waals surface area contributed by atoms with E-state index in [1.165, 1.54) is 0 Å². The van der Waals surface area contributed by atoms with Crippen molar-refractivity contribution in [2.24, 2.45) is 0 Å². The quantitative estimate of drug-likeness (QED) is 0.327. The van der Waals surface area contributed by atoms with E-state index in [1.807, 2.05) is 48.5 Å². The Labute approximate surface area is 173 Å². The topological polar surface area (TPSA) is 60.5 Å². The van der Waals surface area contributed by atoms with Gasteiger partial charge in [0.15, 0.2) is 0 Å². The van der Waals surface area contributed by atoms with Gasteiger partial charge in [0.2, 0.25) is 0 Å². The van der Waals surface area contributed by atoms with Gasteiger partial charge in [-0.15, -0.1) is 0 Å². The van der Waals surface area contributed by atoms with Crippen LogP contribution in [0, 0.1) is 0 Å². The molecule has 6 heteroatoms. The SMILES string of the molecule is CCOC(=O)c1ccc(Nc2c3ccc(Cl)cc3nc3ccc(OC)cc23)cc1. The first-order valence-corrected chi connectivity index (χ1v) is 9.58. The number of benzene rings is 3. The van der Waals surface area contributed by atoms with E-state index in [0.29, 0.717) is 17.2 Å². The minimum absolute atomic E-state index is 0.335. The van der Waals surface area contributed by atoms with E-state index in [9.17, 15) is 4.79 Å². The number of halogens is 1. The lowest BCUT2D eigenvalue weighted by molar-refractivity contribution is 0.0526. The first kappa shape index (κ1) is 19.0. The van der Waals surface area contributed by atoms with Crippen molar-refractivity contribution in [2.45, 2.75) is 6.92 Å². The predicted molar refractivity (Wildman–Crippen MR) is 116 cm³/mol. The molecule has 1 N–H and O–H groups in total. The number of anilines is 2. The standard InChI is InChI=1S/C23H19ClN2O3/c1-3-29-23(27)14-4-7-16(8-5-14)25-22-18-10-6-15(24)12-21(18)26-20-11-9-17(28-2)13-19(20)22/h4-13H,3H2,1-2H3,(H,25,26). The van der Waals surface area contributed by atoms with E-state index in [2.05, 4.69) is 5.32 Å². The lowest BCUT2D eigenvalue weighted by atomic mass is 10.1. The fourth-order valence-electron chi connectivity index (χ4n) is 3.21. The number of fused-ring (bicyclic) bond motifs is 2. The van der Waals surface area contributed by atoms with Gasteiger partial charge in [-0.05, 0) is 67.6 Å². The summed E-state index contributed by atoms with van der Waals surface area (Å²) < 4.78 is 10.4. The molecule has 0 saturated carbocycles. The van der Waals surface area contributed by atoms with E-state index in [1.54, 1.807) is 26.2 Å². The lowest BCUT2D eigenvalue weighted by Gasteiger charge is -2.14. The van der Waals surface area contributed by atoms with Crippen LogP contribution in [-0.4, -0.2) is 24.7 Å². The highest BCUT2D eigenvalue weighted by Crippen LogP contribution is 2.36. The molecule has 0 amide bonds. The van der Waals surface area contributed by atoms with Gasteiger partial charge in [-0.3, -0.25) is 0 Å². The Morgan fingerprint density at radius 1 is 1.00 bits per heavy atom. The zero-order valence-electron chi connectivity index (χ0n) is 16.0. The van der Waals surface area contributed by atoms with E-state index in [0.717, 1.165) is 38.9 Å². The number of carbonyl (C=O) groups excluding carboxylic acids is 1. The molecule has 0 aliphatic heterocycles. The molecule has 0 fully saturated rings. The summed E-state index contributed by atoms with van der Waals surface area (Å²) in [5.41, 5.74) is 3.86. The molecule has 146 valence electrons. The molecule has 4 aromatic rings. The zero-order chi connectivity index (χ0) is 20.4. The van der Waals surface area contributed by atoms with Gasteiger partial charge in [0.1, 0.15) is 5.75 Å². The normalized spacial score (nSPS) is 10.9. The zero-order valence-corrected chi connectivity index (χ0v) is 16.8. The highest BCUT2D eigenvalue weighted by atomic mass is 35.5. The molecule has 29 heavy (non-hydrogen) atoms. The fraction of sp³-hybridized carbons (Fsp3) is 0.130. The predicted octanol–water partition coefficient (Wildman–Crippen LogP) is 5.97. The molecule has 0 saturated heterocycles. The number of aromatic nitrogens is 1. The summed E-state index contributed by atoms with van der Waals surface area (Å²) in [6.45, 7) is 2.13. The maximum Gasteiger partial charge on any atom is 0.338 e. The Morgan fingerprint density at radius 2 is 1.79 bits per heavy atom. The minimum Gasteiger partial charge on any atom is -0.497 e. The molecular formula is C23H19ClN2O3. The van der Waals surface area contributed by atoms with Crippen LogP contribution in [0.5, 0.6) is 5.75 Å². The average molecular weight is 407 g/mol. The Hall–Kier alpha value is -3.31. The van der Waals surface area contributed by atoms with Gasteiger partial charge in [-0.25, -0.2) is 9.78 Å². The molecule has 4 rings (SSSR count). The summed E-state index contributed by atoms with van der Waals surface area (Å²) in [7, 11) is 1.64. The lowest BCUT2D eigenvalue weighted by Crippen LogP contribution is -2.04. The van der Waals surface area contributed by atoms with Crippen LogP contribution in [0.4, 0.5) is 11.4 Å². The molecule has 3 aromatic carbocycles. The van der Waals surface area contributed by atoms with E-state index in [-0.39, 0.29) is 5.97 Å². The Balaban J connectivity index is 1.83. The van der Waals surface area contributed by atoms with Gasteiger partial charge in [-0.2, -0.15) is 0 Å². The number of nitrogens with zero attached hydrogens (tertiary/aromatic N) is 1. The van der Waals surface area contributed by atoms with Crippen LogP contribution >= 0.6 is 11.6 Å². The largest absolute Gasteiger partial charge is 0.497 e. The maximum atomic E-state index is 11.9. The van der Waals surface area contributed by atoms with Crippen molar-refractivity contribution in [3.8, 4) is 5.75 Å². The van der Waals surface area contributed by atoms with E-state index >= 15 is 0 Å². The van der Waals surface area contributed by atoms with Gasteiger partial charge < -0.3 is 14.8 Å². The van der Waals surface area contributed by atoms with Crippen molar-refractivity contribution in [1.82, 2.24) is 4.98 Å². The third-order valence-corrected chi connectivity index (χ3v) is 4.84. The summed E-state index contributed by atoms with van der Waals surface area (Å²) in [5.74, 6) is 0.409. The summed E-state index contributed by atoms with van der Waals surface area (Å²) >= 11 is 6.18. The first-order valence-electron chi connectivity index (χ1n) is 9.20. The van der Waals surface area contributed by atoms with Crippen molar-refractivity contribution >= 4 is 50.8 Å². The third-order valence-electron chi connectivity index (χ3n) is 4.61. The molecule has 5 nitrogen and oxygen atoms in total. The van der Waals surface area contributed by atoms with Crippen LogP contribution in [0.15, 0.2) is 60.7 Å². The molecule has 0 bridgehead atoms. The highest BCUT2D eigenvalue weighted by molar-refractivity contribution is 6.31. The summed E-state index contributed by atoms with van der Waals surface area (Å²) in [4.78, 5) is 16.6. The van der Waals surface area contributed by atoms with Gasteiger partial charge in [0, 0.05) is 21.5 Å². The Bertz CT molecular complexity index is 1210. The van der Waals surface area contributed by atoms with Crippen LogP contribution in [0.2, 0.25) is 5.02 Å². The van der Waals surface area contributed by atoms with Crippen molar-refractivity contribution < 1.29 is 14.3 Å². The summed E-state index contributed by atoms with van der Waals surface area (Å²) in [6.07, 6.45) is 0. The number of hydrogen-bond acceptors (Lipinski definition) is 5. The molecule has 1 aromatic heterocycles. The number of ether oxygens (including phenoxy) is 2. The van der Waals surface area contributed by atoms with Gasteiger partial charge >= 0.3 is 5.97 Å².